The lowest BCUT2D eigenvalue weighted by Gasteiger charge is -2.62. The molecule has 4 aliphatic carbocycles. The lowest BCUT2D eigenvalue weighted by molar-refractivity contribution is -0.167. The van der Waals surface area contributed by atoms with Crippen LogP contribution in [0.25, 0.3) is 0 Å². The summed E-state index contributed by atoms with van der Waals surface area (Å²) in [7, 11) is -4.46. The molecule has 0 saturated heterocycles. The van der Waals surface area contributed by atoms with Gasteiger partial charge in [-0.2, -0.15) is 8.42 Å². The maximum absolute atomic E-state index is 11.8. The molecule has 4 fully saturated rings. The summed E-state index contributed by atoms with van der Waals surface area (Å²) in [5.74, 6) is 3.20. The normalized spacial score (nSPS) is 36.9. The third-order valence-electron chi connectivity index (χ3n) is 13.8. The molecule has 4 aliphatic rings. The van der Waals surface area contributed by atoms with E-state index >= 15 is 0 Å². The van der Waals surface area contributed by atoms with Crippen LogP contribution in [-0.2, 0) is 14.6 Å². The van der Waals surface area contributed by atoms with Gasteiger partial charge in [-0.1, -0.05) is 34.6 Å². The van der Waals surface area contributed by atoms with Gasteiger partial charge in [0, 0.05) is 6.04 Å². The molecule has 9 nitrogen and oxygen atoms in total. The SMILES string of the molecule is CC(C)[C@@H](CC[C@@H](C)[C@H]1CCC2C3C(CC[C@@]21C)[C@@]1(C)CC[C@H](NCCCNCCCCNCCCN)C[C@H]1C[C@H]3O)OS(=O)(=O)O. The molecule has 0 heterocycles. The molecule has 7 N–H and O–H groups in total. The third kappa shape index (κ3) is 10.1. The van der Waals surface area contributed by atoms with E-state index in [1.54, 1.807) is 0 Å². The van der Waals surface area contributed by atoms with Crippen molar-refractivity contribution in [1.29, 1.82) is 0 Å². The molecular formula is C37H72N4O5S. The number of fused-ring (bicyclic) bond motifs is 5. The lowest BCUT2D eigenvalue weighted by Crippen LogP contribution is -2.59. The quantitative estimate of drug-likeness (QED) is 0.0720. The van der Waals surface area contributed by atoms with Crippen LogP contribution in [0.15, 0.2) is 0 Å². The van der Waals surface area contributed by atoms with E-state index in [2.05, 4.69) is 36.7 Å². The van der Waals surface area contributed by atoms with Crippen LogP contribution in [0.1, 0.15) is 125 Å². The summed E-state index contributed by atoms with van der Waals surface area (Å²) in [6.07, 6.45) is 15.0. The summed E-state index contributed by atoms with van der Waals surface area (Å²) in [5.41, 5.74) is 6.08. The highest BCUT2D eigenvalue weighted by atomic mass is 32.3. The Morgan fingerprint density at radius 1 is 0.830 bits per heavy atom. The predicted molar refractivity (Wildman–Crippen MR) is 191 cm³/mol. The molecule has 47 heavy (non-hydrogen) atoms. The van der Waals surface area contributed by atoms with E-state index in [-0.39, 0.29) is 17.4 Å². The Morgan fingerprint density at radius 2 is 1.47 bits per heavy atom. The maximum Gasteiger partial charge on any atom is 0.397 e. The van der Waals surface area contributed by atoms with E-state index < -0.39 is 16.5 Å². The van der Waals surface area contributed by atoms with Crippen molar-refractivity contribution in [3.05, 3.63) is 0 Å². The second kappa shape index (κ2) is 17.7. The van der Waals surface area contributed by atoms with Crippen molar-refractivity contribution in [2.75, 3.05) is 39.3 Å². The van der Waals surface area contributed by atoms with E-state index in [0.29, 0.717) is 53.4 Å². The molecule has 0 bridgehead atoms. The molecule has 4 rings (SSSR count). The van der Waals surface area contributed by atoms with Crippen molar-refractivity contribution < 1.29 is 22.3 Å². The van der Waals surface area contributed by atoms with Crippen molar-refractivity contribution in [2.45, 2.75) is 143 Å². The summed E-state index contributed by atoms with van der Waals surface area (Å²) in [4.78, 5) is 0. The molecule has 0 aliphatic heterocycles. The van der Waals surface area contributed by atoms with E-state index in [9.17, 15) is 18.1 Å². The van der Waals surface area contributed by atoms with E-state index in [1.165, 1.54) is 57.8 Å². The molecule has 0 spiro atoms. The highest BCUT2D eigenvalue weighted by Gasteiger charge is 2.62. The van der Waals surface area contributed by atoms with Crippen LogP contribution >= 0.6 is 0 Å². The van der Waals surface area contributed by atoms with Crippen LogP contribution in [-0.4, -0.2) is 75.6 Å². The molecule has 0 amide bonds. The fraction of sp³-hybridized carbons (Fsp3) is 1.00. The number of aliphatic hydroxyl groups is 1. The minimum absolute atomic E-state index is 0.0137. The zero-order valence-electron chi connectivity index (χ0n) is 30.5. The van der Waals surface area contributed by atoms with Crippen molar-refractivity contribution in [3.8, 4) is 0 Å². The molecule has 11 atom stereocenters. The number of hydrogen-bond acceptors (Lipinski definition) is 8. The van der Waals surface area contributed by atoms with Gasteiger partial charge in [-0.3, -0.25) is 4.55 Å². The average molecular weight is 685 g/mol. The Kier molecular flexibility index (Phi) is 14.9. The highest BCUT2D eigenvalue weighted by molar-refractivity contribution is 7.80. The minimum atomic E-state index is -4.46. The molecule has 4 saturated carbocycles. The molecule has 0 aromatic carbocycles. The van der Waals surface area contributed by atoms with E-state index in [1.807, 2.05) is 13.8 Å². The minimum Gasteiger partial charge on any atom is -0.393 e. The number of nitrogens with one attached hydrogen (secondary N) is 3. The summed E-state index contributed by atoms with van der Waals surface area (Å²) < 4.78 is 37.2. The lowest BCUT2D eigenvalue weighted by atomic mass is 9.43. The second-order valence-electron chi connectivity index (χ2n) is 17.0. The Hall–Kier alpha value is -0.330. The molecule has 276 valence electrons. The van der Waals surface area contributed by atoms with Crippen LogP contribution in [0, 0.1) is 52.3 Å². The smallest absolute Gasteiger partial charge is 0.393 e. The largest absolute Gasteiger partial charge is 0.397 e. The summed E-state index contributed by atoms with van der Waals surface area (Å²) in [5, 5.41) is 22.8. The zero-order chi connectivity index (χ0) is 34.2. The van der Waals surface area contributed by atoms with Crippen molar-refractivity contribution >= 4 is 10.4 Å². The first kappa shape index (κ1) is 39.5. The summed E-state index contributed by atoms with van der Waals surface area (Å²) in [6.45, 7) is 17.4. The van der Waals surface area contributed by atoms with Crippen molar-refractivity contribution in [1.82, 2.24) is 16.0 Å². The van der Waals surface area contributed by atoms with Gasteiger partial charge >= 0.3 is 10.4 Å². The Labute approximate surface area is 288 Å². The number of unbranched alkanes of at least 4 members (excludes halogenated alkanes) is 1. The Morgan fingerprint density at radius 3 is 2.13 bits per heavy atom. The zero-order valence-corrected chi connectivity index (χ0v) is 31.3. The van der Waals surface area contributed by atoms with Crippen LogP contribution in [0.2, 0.25) is 0 Å². The van der Waals surface area contributed by atoms with Gasteiger partial charge in [-0.25, -0.2) is 4.18 Å². The van der Waals surface area contributed by atoms with Crippen LogP contribution < -0.4 is 21.7 Å². The van der Waals surface area contributed by atoms with Crippen LogP contribution in [0.3, 0.4) is 0 Å². The molecule has 3 unspecified atom stereocenters. The Balaban J connectivity index is 1.23. The first-order valence-electron chi connectivity index (χ1n) is 19.5. The van der Waals surface area contributed by atoms with Crippen LogP contribution in [0.4, 0.5) is 0 Å². The van der Waals surface area contributed by atoms with Gasteiger partial charge < -0.3 is 26.8 Å². The van der Waals surface area contributed by atoms with Crippen LogP contribution in [0.5, 0.6) is 0 Å². The third-order valence-corrected chi connectivity index (χ3v) is 14.3. The van der Waals surface area contributed by atoms with Gasteiger partial charge in [0.25, 0.3) is 0 Å². The fourth-order valence-corrected chi connectivity index (χ4v) is 11.8. The summed E-state index contributed by atoms with van der Waals surface area (Å²) in [6, 6.07) is 0.571. The first-order valence-corrected chi connectivity index (χ1v) is 20.8. The second-order valence-corrected chi connectivity index (χ2v) is 18.1. The van der Waals surface area contributed by atoms with E-state index in [4.69, 9.17) is 9.92 Å². The molecule has 10 heteroatoms. The molecular weight excluding hydrogens is 612 g/mol. The fourth-order valence-electron chi connectivity index (χ4n) is 11.2. The molecule has 0 aromatic rings. The highest BCUT2D eigenvalue weighted by Crippen LogP contribution is 2.68. The monoisotopic (exact) mass is 685 g/mol. The Bertz CT molecular complexity index is 1050. The number of aliphatic hydroxyl groups excluding tert-OH is 1. The number of rotatable bonds is 20. The summed E-state index contributed by atoms with van der Waals surface area (Å²) >= 11 is 0. The van der Waals surface area contributed by atoms with E-state index in [0.717, 1.165) is 65.0 Å². The predicted octanol–water partition coefficient (Wildman–Crippen LogP) is 5.53. The average Bonchev–Trinajstić information content (AvgIpc) is 3.36. The number of hydrogen-bond donors (Lipinski definition) is 6. The van der Waals surface area contributed by atoms with Gasteiger partial charge in [-0.05, 0) is 181 Å². The standard InChI is InChI=1S/C37H72N4O5S/c1-26(2)34(46-47(43,44)45)13-10-27(3)30-11-12-31-35-32(15-17-37(30,31)5)36(4)16-14-29(24-28(36)25-33(35)42)41-23-9-22-40-20-7-6-19-39-21-8-18-38/h26-35,39-42H,6-25,38H2,1-5H3,(H,43,44,45)/t27-,28+,29+,30-,31?,32?,33-,34-,35?,36+,37-/m1/s1. The van der Waals surface area contributed by atoms with Gasteiger partial charge in [0.1, 0.15) is 0 Å². The van der Waals surface area contributed by atoms with Gasteiger partial charge in [0.15, 0.2) is 0 Å². The van der Waals surface area contributed by atoms with Crippen molar-refractivity contribution in [2.24, 2.45) is 58.0 Å². The van der Waals surface area contributed by atoms with Crippen molar-refractivity contribution in [3.63, 3.8) is 0 Å². The van der Waals surface area contributed by atoms with Gasteiger partial charge in [-0.15, -0.1) is 0 Å². The number of nitrogens with two attached hydrogens (primary N) is 1. The topological polar surface area (TPSA) is 146 Å². The van der Waals surface area contributed by atoms with Gasteiger partial charge in [0.05, 0.1) is 12.2 Å². The molecule has 0 aromatic heterocycles. The van der Waals surface area contributed by atoms with Gasteiger partial charge in [0.2, 0.25) is 0 Å². The maximum atomic E-state index is 11.8. The molecule has 0 radical (unpaired) electrons. The first-order chi connectivity index (χ1) is 22.3.